The van der Waals surface area contributed by atoms with Crippen molar-refractivity contribution in [3.63, 3.8) is 0 Å². The van der Waals surface area contributed by atoms with Crippen LogP contribution in [0.15, 0.2) is 81.9 Å². The van der Waals surface area contributed by atoms with E-state index in [1.807, 2.05) is 54.6 Å². The molecule has 0 spiro atoms. The van der Waals surface area contributed by atoms with Gasteiger partial charge in [0, 0.05) is 22.2 Å². The molecule has 0 saturated heterocycles. The number of nitrogens with one attached hydrogen (secondary N) is 1. The first-order chi connectivity index (χ1) is 13.2. The van der Waals surface area contributed by atoms with Gasteiger partial charge in [-0.15, -0.1) is 0 Å². The van der Waals surface area contributed by atoms with Gasteiger partial charge in [0.2, 0.25) is 0 Å². The predicted molar refractivity (Wildman–Crippen MR) is 105 cm³/mol. The lowest BCUT2D eigenvalue weighted by Gasteiger charge is -2.08. The molecule has 134 valence electrons. The third kappa shape index (κ3) is 3.98. The van der Waals surface area contributed by atoms with E-state index < -0.39 is 0 Å². The maximum Gasteiger partial charge on any atom is 0.279 e. The molecule has 0 aliphatic rings. The Bertz CT molecular complexity index is 1060. The zero-order chi connectivity index (χ0) is 18.6. The van der Waals surface area contributed by atoms with Crippen LogP contribution in [0.3, 0.4) is 0 Å². The zero-order valence-electron chi connectivity index (χ0n) is 14.2. The van der Waals surface area contributed by atoms with Crippen LogP contribution in [0.25, 0.3) is 11.3 Å². The summed E-state index contributed by atoms with van der Waals surface area (Å²) in [5.41, 5.74) is 2.15. The van der Waals surface area contributed by atoms with Gasteiger partial charge in [0.15, 0.2) is 11.5 Å². The minimum atomic E-state index is -0.349. The number of carbonyl (C=O) groups is 1. The van der Waals surface area contributed by atoms with Crippen molar-refractivity contribution in [2.24, 2.45) is 0 Å². The number of amides is 1. The minimum absolute atomic E-state index is 0.213. The van der Waals surface area contributed by atoms with Gasteiger partial charge in [-0.1, -0.05) is 63.6 Å². The van der Waals surface area contributed by atoms with Crippen LogP contribution in [-0.2, 0) is 6.54 Å². The van der Waals surface area contributed by atoms with E-state index in [1.165, 1.54) is 0 Å². The summed E-state index contributed by atoms with van der Waals surface area (Å²) in [6, 6.07) is 20.8. The molecule has 0 atom stereocenters. The second-order valence-electron chi connectivity index (χ2n) is 5.90. The molecule has 2 aromatic carbocycles. The SMILES string of the molecule is O=C(Nc1ccnn1Cc1ccc(Br)cc1)c1cc(-c2ccccc2)on1. The van der Waals surface area contributed by atoms with Crippen LogP contribution in [-0.4, -0.2) is 20.8 Å². The molecule has 2 aromatic heterocycles. The minimum Gasteiger partial charge on any atom is -0.355 e. The van der Waals surface area contributed by atoms with E-state index in [4.69, 9.17) is 4.52 Å². The molecule has 7 heteroatoms. The van der Waals surface area contributed by atoms with Crippen LogP contribution < -0.4 is 5.32 Å². The van der Waals surface area contributed by atoms with E-state index in [1.54, 1.807) is 23.0 Å². The molecule has 0 aliphatic heterocycles. The number of benzene rings is 2. The number of halogens is 1. The fourth-order valence-corrected chi connectivity index (χ4v) is 2.89. The molecule has 4 rings (SSSR count). The van der Waals surface area contributed by atoms with Crippen LogP contribution in [0.1, 0.15) is 16.1 Å². The molecular weight excluding hydrogens is 408 g/mol. The highest BCUT2D eigenvalue weighted by molar-refractivity contribution is 9.10. The highest BCUT2D eigenvalue weighted by Gasteiger charge is 2.15. The molecule has 6 nitrogen and oxygen atoms in total. The largest absolute Gasteiger partial charge is 0.355 e. The van der Waals surface area contributed by atoms with E-state index in [2.05, 4.69) is 31.5 Å². The summed E-state index contributed by atoms with van der Waals surface area (Å²) >= 11 is 3.42. The van der Waals surface area contributed by atoms with E-state index in [0.717, 1.165) is 15.6 Å². The van der Waals surface area contributed by atoms with Crippen molar-refractivity contribution < 1.29 is 9.32 Å². The standard InChI is InChI=1S/C20H15BrN4O2/c21-16-8-6-14(7-9-16)13-25-19(10-11-22-25)23-20(26)17-12-18(27-24-17)15-4-2-1-3-5-15/h1-12H,13H2,(H,23,26). The summed E-state index contributed by atoms with van der Waals surface area (Å²) in [6.45, 7) is 0.546. The number of aromatic nitrogens is 3. The van der Waals surface area contributed by atoms with Crippen molar-refractivity contribution in [1.29, 1.82) is 0 Å². The topological polar surface area (TPSA) is 73.0 Å². The highest BCUT2D eigenvalue weighted by atomic mass is 79.9. The first-order valence-corrected chi connectivity index (χ1v) is 9.08. The summed E-state index contributed by atoms with van der Waals surface area (Å²) in [7, 11) is 0. The monoisotopic (exact) mass is 422 g/mol. The summed E-state index contributed by atoms with van der Waals surface area (Å²) in [5.74, 6) is 0.787. The van der Waals surface area contributed by atoms with Gasteiger partial charge in [-0.2, -0.15) is 5.10 Å². The number of nitrogens with zero attached hydrogens (tertiary/aromatic N) is 3. The van der Waals surface area contributed by atoms with Crippen molar-refractivity contribution in [2.45, 2.75) is 6.54 Å². The Morgan fingerprint density at radius 1 is 1.07 bits per heavy atom. The maximum absolute atomic E-state index is 12.5. The second kappa shape index (κ2) is 7.59. The third-order valence-electron chi connectivity index (χ3n) is 4.00. The van der Waals surface area contributed by atoms with Gasteiger partial charge in [-0.05, 0) is 17.7 Å². The number of carbonyl (C=O) groups excluding carboxylic acids is 1. The molecule has 0 bridgehead atoms. The van der Waals surface area contributed by atoms with Gasteiger partial charge in [0.1, 0.15) is 5.82 Å². The summed E-state index contributed by atoms with van der Waals surface area (Å²) in [4.78, 5) is 12.5. The fraction of sp³-hybridized carbons (Fsp3) is 0.0500. The van der Waals surface area contributed by atoms with Crippen molar-refractivity contribution >= 4 is 27.7 Å². The van der Waals surface area contributed by atoms with Gasteiger partial charge in [-0.25, -0.2) is 4.68 Å². The summed E-state index contributed by atoms with van der Waals surface area (Å²) < 4.78 is 8.03. The van der Waals surface area contributed by atoms with E-state index in [9.17, 15) is 4.79 Å². The lowest BCUT2D eigenvalue weighted by atomic mass is 10.1. The van der Waals surface area contributed by atoms with Crippen molar-refractivity contribution in [3.05, 3.63) is 88.7 Å². The number of hydrogen-bond acceptors (Lipinski definition) is 4. The number of rotatable bonds is 5. The average molecular weight is 423 g/mol. The Kier molecular flexibility index (Phi) is 4.84. The quantitative estimate of drug-likeness (QED) is 0.509. The predicted octanol–water partition coefficient (Wildman–Crippen LogP) is 4.60. The molecule has 0 saturated carbocycles. The van der Waals surface area contributed by atoms with Crippen molar-refractivity contribution in [3.8, 4) is 11.3 Å². The molecule has 0 aliphatic carbocycles. The molecule has 27 heavy (non-hydrogen) atoms. The average Bonchev–Trinajstić information content (AvgIpc) is 3.34. The van der Waals surface area contributed by atoms with Crippen LogP contribution in [0.5, 0.6) is 0 Å². The van der Waals surface area contributed by atoms with Gasteiger partial charge < -0.3 is 9.84 Å². The summed E-state index contributed by atoms with van der Waals surface area (Å²) in [6.07, 6.45) is 1.65. The smallest absolute Gasteiger partial charge is 0.279 e. The zero-order valence-corrected chi connectivity index (χ0v) is 15.8. The molecule has 1 amide bonds. The fourth-order valence-electron chi connectivity index (χ4n) is 2.63. The van der Waals surface area contributed by atoms with Gasteiger partial charge >= 0.3 is 0 Å². The maximum atomic E-state index is 12.5. The third-order valence-corrected chi connectivity index (χ3v) is 4.53. The van der Waals surface area contributed by atoms with Crippen LogP contribution in [0.2, 0.25) is 0 Å². The number of hydrogen-bond donors (Lipinski definition) is 1. The normalized spacial score (nSPS) is 10.7. The molecule has 2 heterocycles. The Morgan fingerprint density at radius 2 is 1.85 bits per heavy atom. The number of anilines is 1. The Morgan fingerprint density at radius 3 is 2.63 bits per heavy atom. The van der Waals surface area contributed by atoms with E-state index >= 15 is 0 Å². The van der Waals surface area contributed by atoms with E-state index in [0.29, 0.717) is 18.1 Å². The van der Waals surface area contributed by atoms with E-state index in [-0.39, 0.29) is 11.6 Å². The van der Waals surface area contributed by atoms with Crippen molar-refractivity contribution in [2.75, 3.05) is 5.32 Å². The first-order valence-electron chi connectivity index (χ1n) is 8.29. The first kappa shape index (κ1) is 17.2. The molecule has 0 unspecified atom stereocenters. The van der Waals surface area contributed by atoms with Crippen LogP contribution >= 0.6 is 15.9 Å². The van der Waals surface area contributed by atoms with Crippen LogP contribution in [0, 0.1) is 0 Å². The molecule has 0 fully saturated rings. The Balaban J connectivity index is 1.48. The van der Waals surface area contributed by atoms with Gasteiger partial charge in [-0.3, -0.25) is 4.79 Å². The van der Waals surface area contributed by atoms with Gasteiger partial charge in [0.25, 0.3) is 5.91 Å². The van der Waals surface area contributed by atoms with Crippen LogP contribution in [0.4, 0.5) is 5.82 Å². The van der Waals surface area contributed by atoms with Gasteiger partial charge in [0.05, 0.1) is 12.7 Å². The lowest BCUT2D eigenvalue weighted by molar-refractivity contribution is 0.101. The Labute approximate surface area is 163 Å². The molecular formula is C20H15BrN4O2. The summed E-state index contributed by atoms with van der Waals surface area (Å²) in [5, 5.41) is 11.0. The molecule has 1 N–H and O–H groups in total. The lowest BCUT2D eigenvalue weighted by Crippen LogP contribution is -2.16. The second-order valence-corrected chi connectivity index (χ2v) is 6.81. The highest BCUT2D eigenvalue weighted by Crippen LogP contribution is 2.20. The van der Waals surface area contributed by atoms with Crippen molar-refractivity contribution in [1.82, 2.24) is 14.9 Å². The molecule has 4 aromatic rings. The Hall–Kier alpha value is -3.19. The molecule has 0 radical (unpaired) electrons.